The number of aliphatic carboxylic acids is 1. The molecule has 0 saturated carbocycles. The highest BCUT2D eigenvalue weighted by Crippen LogP contribution is 2.15. The Labute approximate surface area is 208 Å². The molecular formula is C28H53NO5. The van der Waals surface area contributed by atoms with Gasteiger partial charge in [0.2, 0.25) is 5.91 Å². The molecule has 0 aromatic carbocycles. The predicted molar refractivity (Wildman–Crippen MR) is 139 cm³/mol. The Morgan fingerprint density at radius 1 is 0.588 bits per heavy atom. The van der Waals surface area contributed by atoms with E-state index in [-0.39, 0.29) is 24.3 Å². The maximum absolute atomic E-state index is 11.9. The van der Waals surface area contributed by atoms with Crippen molar-refractivity contribution in [3.05, 3.63) is 0 Å². The number of carbonyl (C=O) groups is 3. The monoisotopic (exact) mass is 483 g/mol. The van der Waals surface area contributed by atoms with Gasteiger partial charge in [-0.15, -0.1) is 0 Å². The van der Waals surface area contributed by atoms with Crippen molar-refractivity contribution in [3.8, 4) is 0 Å². The van der Waals surface area contributed by atoms with Gasteiger partial charge >= 0.3 is 5.97 Å². The minimum absolute atomic E-state index is 0.0180. The van der Waals surface area contributed by atoms with Crippen molar-refractivity contribution in [2.24, 2.45) is 0 Å². The molecule has 200 valence electrons. The van der Waals surface area contributed by atoms with E-state index in [1.807, 2.05) is 0 Å². The number of carboxylic acids is 1. The normalized spacial score (nSPS) is 11.9. The van der Waals surface area contributed by atoms with Gasteiger partial charge in [0.1, 0.15) is 5.78 Å². The third kappa shape index (κ3) is 25.2. The first-order valence-electron chi connectivity index (χ1n) is 14.1. The van der Waals surface area contributed by atoms with E-state index in [4.69, 9.17) is 5.11 Å². The summed E-state index contributed by atoms with van der Waals surface area (Å²) in [5.41, 5.74) is 0. The number of nitrogens with one attached hydrogen (secondary N) is 1. The van der Waals surface area contributed by atoms with Crippen LogP contribution in [0.25, 0.3) is 0 Å². The van der Waals surface area contributed by atoms with Crippen LogP contribution in [0.15, 0.2) is 0 Å². The molecule has 34 heavy (non-hydrogen) atoms. The fourth-order valence-electron chi connectivity index (χ4n) is 4.28. The molecule has 1 amide bonds. The number of unbranched alkanes of at least 4 members (excludes halogenated alkanes) is 17. The number of ketones is 1. The molecule has 0 aliphatic rings. The molecule has 0 heterocycles. The van der Waals surface area contributed by atoms with Gasteiger partial charge in [-0.1, -0.05) is 103 Å². The molecule has 0 aliphatic carbocycles. The number of rotatable bonds is 26. The van der Waals surface area contributed by atoms with Crippen LogP contribution in [-0.2, 0) is 14.4 Å². The quantitative estimate of drug-likeness (QED) is 0.118. The first-order valence-corrected chi connectivity index (χ1v) is 14.1. The molecule has 0 aromatic rings. The van der Waals surface area contributed by atoms with Gasteiger partial charge in [0.15, 0.2) is 0 Å². The second-order valence-electron chi connectivity index (χ2n) is 9.95. The molecule has 0 rings (SSSR count). The van der Waals surface area contributed by atoms with E-state index in [2.05, 4.69) is 5.32 Å². The van der Waals surface area contributed by atoms with Gasteiger partial charge in [0, 0.05) is 19.3 Å². The largest absolute Gasteiger partial charge is 0.481 e. The van der Waals surface area contributed by atoms with Crippen LogP contribution >= 0.6 is 0 Å². The highest BCUT2D eigenvalue weighted by molar-refractivity contribution is 5.77. The molecule has 0 spiro atoms. The smallest absolute Gasteiger partial charge is 0.303 e. The fourth-order valence-corrected chi connectivity index (χ4v) is 4.28. The number of hydrogen-bond acceptors (Lipinski definition) is 4. The number of amides is 1. The van der Waals surface area contributed by atoms with Gasteiger partial charge in [0.25, 0.3) is 0 Å². The van der Waals surface area contributed by atoms with Crippen molar-refractivity contribution in [3.63, 3.8) is 0 Å². The summed E-state index contributed by atoms with van der Waals surface area (Å²) in [6, 6.07) is -0.301. The first-order chi connectivity index (χ1) is 16.5. The number of Topliss-reactive ketones (excluding diaryl/α,β-unsaturated/α-hetero) is 1. The lowest BCUT2D eigenvalue weighted by Crippen LogP contribution is -2.37. The highest BCUT2D eigenvalue weighted by Gasteiger charge is 2.11. The van der Waals surface area contributed by atoms with Crippen LogP contribution < -0.4 is 5.32 Å². The van der Waals surface area contributed by atoms with Crippen molar-refractivity contribution >= 4 is 17.7 Å². The minimum atomic E-state index is -0.674. The zero-order valence-electron chi connectivity index (χ0n) is 22.0. The average molecular weight is 484 g/mol. The molecule has 1 unspecified atom stereocenters. The summed E-state index contributed by atoms with van der Waals surface area (Å²) in [6.45, 7) is 1.41. The summed E-state index contributed by atoms with van der Waals surface area (Å²) >= 11 is 0. The van der Waals surface area contributed by atoms with Crippen molar-refractivity contribution in [1.82, 2.24) is 5.32 Å². The van der Waals surface area contributed by atoms with Crippen LogP contribution in [0.5, 0.6) is 0 Å². The summed E-state index contributed by atoms with van der Waals surface area (Å²) in [7, 11) is 0. The van der Waals surface area contributed by atoms with Crippen LogP contribution in [0.4, 0.5) is 0 Å². The molecule has 3 N–H and O–H groups in total. The van der Waals surface area contributed by atoms with E-state index in [1.165, 1.54) is 96.8 Å². The molecule has 6 heteroatoms. The molecule has 0 aliphatic heterocycles. The molecular weight excluding hydrogens is 430 g/mol. The Bertz CT molecular complexity index is 509. The van der Waals surface area contributed by atoms with Gasteiger partial charge < -0.3 is 20.3 Å². The van der Waals surface area contributed by atoms with Crippen LogP contribution in [0.1, 0.15) is 148 Å². The maximum atomic E-state index is 11.9. The van der Waals surface area contributed by atoms with E-state index < -0.39 is 5.97 Å². The topological polar surface area (TPSA) is 104 Å². The van der Waals surface area contributed by atoms with Gasteiger partial charge in [-0.25, -0.2) is 0 Å². The van der Waals surface area contributed by atoms with E-state index in [1.54, 1.807) is 0 Å². The number of aliphatic hydroxyl groups excluding tert-OH is 1. The molecule has 6 nitrogen and oxygen atoms in total. The lowest BCUT2D eigenvalue weighted by molar-refractivity contribution is -0.137. The van der Waals surface area contributed by atoms with Crippen LogP contribution in [-0.4, -0.2) is 40.5 Å². The standard InChI is InChI=1S/C28H53NO5/c1-25(31)22-23-26(24-30)29-27(32)20-18-16-14-12-10-8-6-4-2-3-5-7-9-11-13-15-17-19-21-28(33)34/h26,30H,2-24H2,1H3,(H,29,32)(H,33,34). The second kappa shape index (κ2) is 24.7. The Hall–Kier alpha value is -1.43. The van der Waals surface area contributed by atoms with E-state index in [9.17, 15) is 19.5 Å². The lowest BCUT2D eigenvalue weighted by atomic mass is 10.0. The molecule has 0 fully saturated rings. The fraction of sp³-hybridized carbons (Fsp3) is 0.893. The predicted octanol–water partition coefficient (Wildman–Crippen LogP) is 6.72. The summed E-state index contributed by atoms with van der Waals surface area (Å²) in [6.07, 6.45) is 23.7. The molecule has 0 aromatic heterocycles. The van der Waals surface area contributed by atoms with Crippen molar-refractivity contribution in [2.75, 3.05) is 6.61 Å². The lowest BCUT2D eigenvalue weighted by Gasteiger charge is -2.15. The Balaban J connectivity index is 3.27. The minimum Gasteiger partial charge on any atom is -0.481 e. The van der Waals surface area contributed by atoms with Crippen LogP contribution in [0.2, 0.25) is 0 Å². The molecule has 0 radical (unpaired) electrons. The summed E-state index contributed by atoms with van der Waals surface area (Å²) in [5, 5.41) is 20.7. The maximum Gasteiger partial charge on any atom is 0.303 e. The van der Waals surface area contributed by atoms with Gasteiger partial charge in [0.05, 0.1) is 12.6 Å². The van der Waals surface area contributed by atoms with E-state index >= 15 is 0 Å². The third-order valence-electron chi connectivity index (χ3n) is 6.47. The third-order valence-corrected chi connectivity index (χ3v) is 6.47. The molecule has 0 saturated heterocycles. The van der Waals surface area contributed by atoms with Gasteiger partial charge in [-0.05, 0) is 26.2 Å². The summed E-state index contributed by atoms with van der Waals surface area (Å²) < 4.78 is 0. The van der Waals surface area contributed by atoms with Crippen molar-refractivity contribution in [1.29, 1.82) is 0 Å². The van der Waals surface area contributed by atoms with Crippen molar-refractivity contribution < 1.29 is 24.6 Å². The Kier molecular flexibility index (Phi) is 23.6. The second-order valence-corrected chi connectivity index (χ2v) is 9.95. The van der Waals surface area contributed by atoms with Crippen LogP contribution in [0.3, 0.4) is 0 Å². The van der Waals surface area contributed by atoms with Crippen molar-refractivity contribution in [2.45, 2.75) is 154 Å². The number of hydrogen-bond donors (Lipinski definition) is 3. The highest BCUT2D eigenvalue weighted by atomic mass is 16.4. The molecule has 0 bridgehead atoms. The number of carboxylic acid groups (broad SMARTS) is 1. The average Bonchev–Trinajstić information content (AvgIpc) is 2.80. The van der Waals surface area contributed by atoms with Gasteiger partial charge in [-0.3, -0.25) is 9.59 Å². The van der Waals surface area contributed by atoms with E-state index in [0.717, 1.165) is 25.7 Å². The zero-order chi connectivity index (χ0) is 25.3. The van der Waals surface area contributed by atoms with E-state index in [0.29, 0.717) is 25.7 Å². The molecule has 1 atom stereocenters. The van der Waals surface area contributed by atoms with Gasteiger partial charge in [-0.2, -0.15) is 0 Å². The SMILES string of the molecule is CC(=O)CCC(CO)NC(=O)CCCCCCCCCCCCCCCCCCCCC(=O)O. The summed E-state index contributed by atoms with van der Waals surface area (Å²) in [5.74, 6) is -0.610. The number of carbonyl (C=O) groups excluding carboxylic acids is 2. The Morgan fingerprint density at radius 2 is 0.941 bits per heavy atom. The Morgan fingerprint density at radius 3 is 1.26 bits per heavy atom. The first kappa shape index (κ1) is 32.6. The van der Waals surface area contributed by atoms with Crippen LogP contribution in [0, 0.1) is 0 Å². The zero-order valence-corrected chi connectivity index (χ0v) is 22.0. The summed E-state index contributed by atoms with van der Waals surface area (Å²) in [4.78, 5) is 33.4. The number of aliphatic hydroxyl groups is 1.